The average molecular weight is 239 g/mol. The van der Waals surface area contributed by atoms with Crippen LogP contribution in [0.4, 0.5) is 4.79 Å². The van der Waals surface area contributed by atoms with Crippen molar-refractivity contribution in [3.05, 3.63) is 36.5 Å². The summed E-state index contributed by atoms with van der Waals surface area (Å²) >= 11 is 0. The van der Waals surface area contributed by atoms with Gasteiger partial charge in [-0.25, -0.2) is 4.79 Å². The second-order valence-electron chi connectivity index (χ2n) is 3.78. The first-order valence-corrected chi connectivity index (χ1v) is 5.26. The Balaban J connectivity index is 2.94. The van der Waals surface area contributed by atoms with Gasteiger partial charge in [0.05, 0.1) is 25.7 Å². The van der Waals surface area contributed by atoms with Crippen molar-refractivity contribution >= 4 is 6.09 Å². The molecule has 0 aliphatic heterocycles. The Morgan fingerprint density at radius 1 is 1.65 bits per heavy atom. The highest BCUT2D eigenvalue weighted by Crippen LogP contribution is 2.29. The minimum atomic E-state index is -0.996. The summed E-state index contributed by atoms with van der Waals surface area (Å²) in [6, 6.07) is 3.14. The van der Waals surface area contributed by atoms with E-state index in [1.165, 1.54) is 24.5 Å². The number of carbonyl (C=O) groups is 1. The van der Waals surface area contributed by atoms with Gasteiger partial charge in [0.2, 0.25) is 0 Å². The Morgan fingerprint density at radius 3 is 2.82 bits per heavy atom. The Hall–Kier alpha value is -1.91. The van der Waals surface area contributed by atoms with Crippen LogP contribution in [0.25, 0.3) is 0 Å². The summed E-state index contributed by atoms with van der Waals surface area (Å²) in [7, 11) is 3.07. The van der Waals surface area contributed by atoms with E-state index in [1.807, 2.05) is 6.92 Å². The van der Waals surface area contributed by atoms with Crippen LogP contribution in [0.15, 0.2) is 35.2 Å². The first kappa shape index (κ1) is 13.2. The molecule has 1 amide bonds. The molecule has 0 aromatic carbocycles. The van der Waals surface area contributed by atoms with Crippen LogP contribution in [0.2, 0.25) is 0 Å². The van der Waals surface area contributed by atoms with Gasteiger partial charge in [-0.15, -0.1) is 0 Å². The Morgan fingerprint density at radius 2 is 2.35 bits per heavy atom. The van der Waals surface area contributed by atoms with Crippen molar-refractivity contribution in [2.45, 2.75) is 13.0 Å². The molecule has 2 atom stereocenters. The molecule has 0 fully saturated rings. The van der Waals surface area contributed by atoms with Gasteiger partial charge in [0.15, 0.2) is 0 Å². The number of carboxylic acid groups (broad SMARTS) is 1. The van der Waals surface area contributed by atoms with E-state index in [0.29, 0.717) is 5.76 Å². The molecule has 0 aliphatic carbocycles. The standard InChI is InChI=1S/C12H17NO4/c1-9(6-8-16-3)11(13(2)12(14)15)10-5-4-7-17-10/h4-9,11H,1-3H3,(H,14,15)/t9-,11+/m1/s1. The largest absolute Gasteiger partial charge is 0.505 e. The smallest absolute Gasteiger partial charge is 0.407 e. The molecule has 0 saturated carbocycles. The molecular formula is C12H17NO4. The Bertz CT molecular complexity index is 372. The van der Waals surface area contributed by atoms with E-state index in [0.717, 1.165) is 0 Å². The molecule has 0 radical (unpaired) electrons. The van der Waals surface area contributed by atoms with Gasteiger partial charge < -0.3 is 19.2 Å². The number of rotatable bonds is 5. The molecule has 1 aromatic heterocycles. The third-order valence-corrected chi connectivity index (χ3v) is 2.57. The highest BCUT2D eigenvalue weighted by atomic mass is 16.5. The van der Waals surface area contributed by atoms with Gasteiger partial charge >= 0.3 is 6.09 Å². The van der Waals surface area contributed by atoms with E-state index in [1.54, 1.807) is 25.3 Å². The molecule has 5 heteroatoms. The average Bonchev–Trinajstić information content (AvgIpc) is 2.79. The van der Waals surface area contributed by atoms with Crippen LogP contribution in [0, 0.1) is 5.92 Å². The van der Waals surface area contributed by atoms with Gasteiger partial charge in [-0.1, -0.05) is 6.92 Å². The van der Waals surface area contributed by atoms with Gasteiger partial charge in [0, 0.05) is 13.0 Å². The topological polar surface area (TPSA) is 62.9 Å². The van der Waals surface area contributed by atoms with Crippen LogP contribution >= 0.6 is 0 Å². The fourth-order valence-corrected chi connectivity index (χ4v) is 1.69. The van der Waals surface area contributed by atoms with E-state index in [2.05, 4.69) is 0 Å². The molecule has 0 aliphatic rings. The fraction of sp³-hybridized carbons (Fsp3) is 0.417. The zero-order valence-electron chi connectivity index (χ0n) is 10.2. The molecule has 94 valence electrons. The van der Waals surface area contributed by atoms with Crippen LogP contribution in [0.3, 0.4) is 0 Å². The lowest BCUT2D eigenvalue weighted by Gasteiger charge is -2.27. The molecule has 0 saturated heterocycles. The maximum absolute atomic E-state index is 11.0. The minimum Gasteiger partial charge on any atom is -0.505 e. The Labute approximate surface area is 100 Å². The highest BCUT2D eigenvalue weighted by molar-refractivity contribution is 5.65. The maximum Gasteiger partial charge on any atom is 0.407 e. The number of ether oxygens (including phenoxy) is 1. The zero-order valence-corrected chi connectivity index (χ0v) is 10.2. The van der Waals surface area contributed by atoms with E-state index in [4.69, 9.17) is 14.3 Å². The van der Waals surface area contributed by atoms with Crippen molar-refractivity contribution in [3.63, 3.8) is 0 Å². The van der Waals surface area contributed by atoms with Crippen LogP contribution < -0.4 is 0 Å². The summed E-state index contributed by atoms with van der Waals surface area (Å²) in [5, 5.41) is 9.05. The summed E-state index contributed by atoms with van der Waals surface area (Å²) in [6.07, 6.45) is 3.87. The van der Waals surface area contributed by atoms with Crippen LogP contribution in [0.1, 0.15) is 18.7 Å². The van der Waals surface area contributed by atoms with Crippen molar-refractivity contribution < 1.29 is 19.1 Å². The fourth-order valence-electron chi connectivity index (χ4n) is 1.69. The predicted molar refractivity (Wildman–Crippen MR) is 62.5 cm³/mol. The zero-order chi connectivity index (χ0) is 12.8. The van der Waals surface area contributed by atoms with Crippen molar-refractivity contribution in [2.24, 2.45) is 5.92 Å². The number of methoxy groups -OCH3 is 1. The first-order valence-electron chi connectivity index (χ1n) is 5.26. The van der Waals surface area contributed by atoms with Gasteiger partial charge in [-0.05, 0) is 18.2 Å². The van der Waals surface area contributed by atoms with Gasteiger partial charge in [-0.3, -0.25) is 0 Å². The first-order chi connectivity index (χ1) is 8.07. The summed E-state index contributed by atoms with van der Waals surface area (Å²) in [5.74, 6) is 0.561. The second-order valence-corrected chi connectivity index (χ2v) is 3.78. The number of furan rings is 1. The predicted octanol–water partition coefficient (Wildman–Crippen LogP) is 2.73. The maximum atomic E-state index is 11.0. The van der Waals surface area contributed by atoms with Gasteiger partial charge in [0.1, 0.15) is 5.76 Å². The van der Waals surface area contributed by atoms with Crippen LogP contribution in [0.5, 0.6) is 0 Å². The molecular weight excluding hydrogens is 222 g/mol. The normalized spacial score (nSPS) is 14.5. The lowest BCUT2D eigenvalue weighted by molar-refractivity contribution is 0.121. The van der Waals surface area contributed by atoms with Crippen molar-refractivity contribution in [1.29, 1.82) is 0 Å². The third kappa shape index (κ3) is 3.27. The summed E-state index contributed by atoms with van der Waals surface area (Å²) in [6.45, 7) is 1.90. The SMILES string of the molecule is COC=C[C@@H](C)[C@@H](c1ccco1)N(C)C(=O)O. The lowest BCUT2D eigenvalue weighted by Crippen LogP contribution is -2.32. The molecule has 1 heterocycles. The van der Waals surface area contributed by atoms with Crippen LogP contribution in [-0.2, 0) is 4.74 Å². The van der Waals surface area contributed by atoms with Gasteiger partial charge in [0.25, 0.3) is 0 Å². The monoisotopic (exact) mass is 239 g/mol. The minimum absolute atomic E-state index is 0.0535. The van der Waals surface area contributed by atoms with Crippen LogP contribution in [-0.4, -0.2) is 30.3 Å². The molecule has 0 unspecified atom stereocenters. The summed E-state index contributed by atoms with van der Waals surface area (Å²) < 4.78 is 10.1. The number of hydrogen-bond acceptors (Lipinski definition) is 3. The number of amides is 1. The molecule has 1 N–H and O–H groups in total. The lowest BCUT2D eigenvalue weighted by atomic mass is 9.98. The van der Waals surface area contributed by atoms with E-state index >= 15 is 0 Å². The van der Waals surface area contributed by atoms with Crippen molar-refractivity contribution in [2.75, 3.05) is 14.2 Å². The van der Waals surface area contributed by atoms with Crippen molar-refractivity contribution in [3.8, 4) is 0 Å². The molecule has 1 rings (SSSR count). The van der Waals surface area contributed by atoms with Gasteiger partial charge in [-0.2, -0.15) is 0 Å². The second kappa shape index (κ2) is 5.98. The summed E-state index contributed by atoms with van der Waals surface area (Å²) in [5.41, 5.74) is 0. The van der Waals surface area contributed by atoms with E-state index in [9.17, 15) is 4.79 Å². The quantitative estimate of drug-likeness (QED) is 0.802. The molecule has 1 aromatic rings. The Kier molecular flexibility index (Phi) is 4.63. The van der Waals surface area contributed by atoms with E-state index in [-0.39, 0.29) is 12.0 Å². The number of hydrogen-bond donors (Lipinski definition) is 1. The third-order valence-electron chi connectivity index (χ3n) is 2.57. The number of nitrogens with zero attached hydrogens (tertiary/aromatic N) is 1. The molecule has 0 spiro atoms. The summed E-state index contributed by atoms with van der Waals surface area (Å²) in [4.78, 5) is 12.3. The molecule has 5 nitrogen and oxygen atoms in total. The molecule has 17 heavy (non-hydrogen) atoms. The highest BCUT2D eigenvalue weighted by Gasteiger charge is 2.27. The van der Waals surface area contributed by atoms with E-state index < -0.39 is 6.09 Å². The van der Waals surface area contributed by atoms with Crippen molar-refractivity contribution in [1.82, 2.24) is 4.90 Å². The molecule has 0 bridgehead atoms.